The van der Waals surface area contributed by atoms with Crippen LogP contribution in [0.3, 0.4) is 0 Å². The molecule has 0 saturated heterocycles. The zero-order valence-electron chi connectivity index (χ0n) is 9.88. The Kier molecular flexibility index (Phi) is 2.10. The summed E-state index contributed by atoms with van der Waals surface area (Å²) in [5, 5.41) is 0. The van der Waals surface area contributed by atoms with Gasteiger partial charge in [0, 0.05) is 0 Å². The van der Waals surface area contributed by atoms with Crippen LogP contribution in [0.1, 0.15) is 29.2 Å². The van der Waals surface area contributed by atoms with E-state index >= 15 is 0 Å². The molecule has 0 fully saturated rings. The number of fused-ring (bicyclic) bond motifs is 3. The van der Waals surface area contributed by atoms with E-state index in [1.807, 2.05) is 0 Å². The van der Waals surface area contributed by atoms with Crippen molar-refractivity contribution in [3.05, 3.63) is 58.7 Å². The Balaban J connectivity index is 2.24. The first-order chi connectivity index (χ1) is 7.81. The SMILES string of the molecule is CCc1ccc2c(c1C)Cc1ccccc1-2. The van der Waals surface area contributed by atoms with Gasteiger partial charge in [0.1, 0.15) is 0 Å². The summed E-state index contributed by atoms with van der Waals surface area (Å²) in [6, 6.07) is 13.4. The summed E-state index contributed by atoms with van der Waals surface area (Å²) in [4.78, 5) is 0. The number of rotatable bonds is 1. The topological polar surface area (TPSA) is 0 Å². The molecule has 1 aliphatic carbocycles. The molecule has 0 unspecified atom stereocenters. The second-order valence-electron chi connectivity index (χ2n) is 4.56. The molecule has 2 aromatic rings. The van der Waals surface area contributed by atoms with Gasteiger partial charge in [-0.15, -0.1) is 0 Å². The van der Waals surface area contributed by atoms with Crippen molar-refractivity contribution in [2.45, 2.75) is 26.7 Å². The highest BCUT2D eigenvalue weighted by Gasteiger charge is 2.20. The molecule has 0 aliphatic heterocycles. The predicted octanol–water partition coefficient (Wildman–Crippen LogP) is 4.13. The highest BCUT2D eigenvalue weighted by Crippen LogP contribution is 2.38. The van der Waals surface area contributed by atoms with Crippen LogP contribution in [0.25, 0.3) is 11.1 Å². The molecule has 0 bridgehead atoms. The van der Waals surface area contributed by atoms with Crippen LogP contribution in [0.2, 0.25) is 0 Å². The van der Waals surface area contributed by atoms with Crippen LogP contribution in [0, 0.1) is 6.92 Å². The molecule has 0 atom stereocenters. The second kappa shape index (κ2) is 3.48. The summed E-state index contributed by atoms with van der Waals surface area (Å²) < 4.78 is 0. The van der Waals surface area contributed by atoms with Gasteiger partial charge in [-0.1, -0.05) is 43.3 Å². The number of hydrogen-bond donors (Lipinski definition) is 0. The third-order valence-corrected chi connectivity index (χ3v) is 3.77. The van der Waals surface area contributed by atoms with E-state index in [1.165, 1.54) is 27.8 Å². The lowest BCUT2D eigenvalue weighted by molar-refractivity contribution is 1.08. The zero-order valence-corrected chi connectivity index (χ0v) is 9.88. The molecule has 0 spiro atoms. The van der Waals surface area contributed by atoms with Gasteiger partial charge in [0.15, 0.2) is 0 Å². The third-order valence-electron chi connectivity index (χ3n) is 3.77. The maximum absolute atomic E-state index is 2.30. The number of benzene rings is 2. The molecule has 0 radical (unpaired) electrons. The van der Waals surface area contributed by atoms with E-state index in [4.69, 9.17) is 0 Å². The van der Waals surface area contributed by atoms with E-state index in [0.29, 0.717) is 0 Å². The average molecular weight is 208 g/mol. The van der Waals surface area contributed by atoms with Gasteiger partial charge in [-0.05, 0) is 53.1 Å². The quantitative estimate of drug-likeness (QED) is 0.564. The normalized spacial score (nSPS) is 12.4. The average Bonchev–Trinajstić information content (AvgIpc) is 2.69. The van der Waals surface area contributed by atoms with Gasteiger partial charge in [0.25, 0.3) is 0 Å². The summed E-state index contributed by atoms with van der Waals surface area (Å²) in [6.45, 7) is 4.50. The summed E-state index contributed by atoms with van der Waals surface area (Å²) in [6.07, 6.45) is 2.25. The van der Waals surface area contributed by atoms with Crippen LogP contribution in [-0.4, -0.2) is 0 Å². The lowest BCUT2D eigenvalue weighted by Crippen LogP contribution is -1.92. The fraction of sp³-hybridized carbons (Fsp3) is 0.250. The highest BCUT2D eigenvalue weighted by molar-refractivity contribution is 5.78. The van der Waals surface area contributed by atoms with Crippen molar-refractivity contribution in [3.8, 4) is 11.1 Å². The van der Waals surface area contributed by atoms with Crippen LogP contribution >= 0.6 is 0 Å². The highest BCUT2D eigenvalue weighted by atomic mass is 14.2. The van der Waals surface area contributed by atoms with E-state index in [1.54, 1.807) is 5.56 Å². The molecule has 0 heterocycles. The lowest BCUT2D eigenvalue weighted by Gasteiger charge is -2.09. The Bertz CT molecular complexity index is 550. The van der Waals surface area contributed by atoms with Crippen molar-refractivity contribution < 1.29 is 0 Å². The largest absolute Gasteiger partial charge is 0.0619 e. The van der Waals surface area contributed by atoms with Gasteiger partial charge in [-0.25, -0.2) is 0 Å². The summed E-state index contributed by atoms with van der Waals surface area (Å²) in [5.41, 5.74) is 8.89. The minimum atomic E-state index is 1.12. The Morgan fingerprint density at radius 3 is 2.62 bits per heavy atom. The molecule has 0 nitrogen and oxygen atoms in total. The molecular weight excluding hydrogens is 192 g/mol. The Morgan fingerprint density at radius 1 is 1.00 bits per heavy atom. The van der Waals surface area contributed by atoms with Crippen molar-refractivity contribution in [3.63, 3.8) is 0 Å². The number of hydrogen-bond acceptors (Lipinski definition) is 0. The molecule has 80 valence electrons. The van der Waals surface area contributed by atoms with Crippen LogP contribution in [0.15, 0.2) is 36.4 Å². The van der Waals surface area contributed by atoms with Crippen LogP contribution < -0.4 is 0 Å². The molecule has 0 heteroatoms. The molecule has 0 aromatic heterocycles. The van der Waals surface area contributed by atoms with Crippen molar-refractivity contribution in [2.24, 2.45) is 0 Å². The van der Waals surface area contributed by atoms with Crippen molar-refractivity contribution in [1.29, 1.82) is 0 Å². The Labute approximate surface area is 96.9 Å². The van der Waals surface area contributed by atoms with E-state index in [2.05, 4.69) is 50.2 Å². The second-order valence-corrected chi connectivity index (χ2v) is 4.56. The Hall–Kier alpha value is -1.56. The molecular formula is C16H16. The van der Waals surface area contributed by atoms with Crippen LogP contribution in [-0.2, 0) is 12.8 Å². The molecule has 2 aromatic carbocycles. The van der Waals surface area contributed by atoms with Gasteiger partial charge in [-0.3, -0.25) is 0 Å². The Morgan fingerprint density at radius 2 is 1.81 bits per heavy atom. The van der Waals surface area contributed by atoms with E-state index < -0.39 is 0 Å². The van der Waals surface area contributed by atoms with Gasteiger partial charge in [0.05, 0.1) is 0 Å². The van der Waals surface area contributed by atoms with Gasteiger partial charge in [0.2, 0.25) is 0 Å². The minimum absolute atomic E-state index is 1.12. The number of aryl methyl sites for hydroxylation is 1. The van der Waals surface area contributed by atoms with E-state index in [-0.39, 0.29) is 0 Å². The molecule has 3 rings (SSSR count). The smallest absolute Gasteiger partial charge is 0.00107 e. The summed E-state index contributed by atoms with van der Waals surface area (Å²) in [7, 11) is 0. The maximum Gasteiger partial charge on any atom is -0.00107 e. The van der Waals surface area contributed by atoms with Gasteiger partial charge < -0.3 is 0 Å². The first-order valence-corrected chi connectivity index (χ1v) is 6.01. The van der Waals surface area contributed by atoms with Gasteiger partial charge in [-0.2, -0.15) is 0 Å². The standard InChI is InChI=1S/C16H16/c1-3-12-8-9-15-14-7-5-4-6-13(14)10-16(15)11(12)2/h4-9H,3,10H2,1-2H3. The monoisotopic (exact) mass is 208 g/mol. The zero-order chi connectivity index (χ0) is 11.1. The van der Waals surface area contributed by atoms with Crippen molar-refractivity contribution >= 4 is 0 Å². The van der Waals surface area contributed by atoms with Crippen LogP contribution in [0.5, 0.6) is 0 Å². The lowest BCUT2D eigenvalue weighted by atomic mass is 9.96. The maximum atomic E-state index is 2.30. The van der Waals surface area contributed by atoms with Gasteiger partial charge >= 0.3 is 0 Å². The van der Waals surface area contributed by atoms with E-state index in [0.717, 1.165) is 12.8 Å². The third kappa shape index (κ3) is 1.23. The fourth-order valence-corrected chi connectivity index (χ4v) is 2.80. The minimum Gasteiger partial charge on any atom is -0.0619 e. The molecule has 16 heavy (non-hydrogen) atoms. The molecule has 1 aliphatic rings. The summed E-state index contributed by atoms with van der Waals surface area (Å²) >= 11 is 0. The fourth-order valence-electron chi connectivity index (χ4n) is 2.80. The first-order valence-electron chi connectivity index (χ1n) is 6.01. The molecule has 0 N–H and O–H groups in total. The van der Waals surface area contributed by atoms with Crippen molar-refractivity contribution in [1.82, 2.24) is 0 Å². The predicted molar refractivity (Wildman–Crippen MR) is 68.8 cm³/mol. The molecule has 0 saturated carbocycles. The van der Waals surface area contributed by atoms with Crippen molar-refractivity contribution in [2.75, 3.05) is 0 Å². The van der Waals surface area contributed by atoms with Crippen LogP contribution in [0.4, 0.5) is 0 Å². The molecule has 0 amide bonds. The summed E-state index contributed by atoms with van der Waals surface area (Å²) in [5.74, 6) is 0. The van der Waals surface area contributed by atoms with E-state index in [9.17, 15) is 0 Å². The first kappa shape index (κ1) is 9.65.